The average molecular weight is 531 g/mol. The van der Waals surface area contributed by atoms with Gasteiger partial charge in [-0.15, -0.1) is 0 Å². The first-order valence-electron chi connectivity index (χ1n) is 12.4. The molecule has 0 bridgehead atoms. The zero-order valence-corrected chi connectivity index (χ0v) is 21.7. The van der Waals surface area contributed by atoms with Gasteiger partial charge in [-0.2, -0.15) is 10.4 Å². The van der Waals surface area contributed by atoms with Crippen molar-refractivity contribution >= 4 is 28.8 Å². The summed E-state index contributed by atoms with van der Waals surface area (Å²) in [6.45, 7) is 4.42. The quantitative estimate of drug-likeness (QED) is 0.389. The number of anilines is 1. The van der Waals surface area contributed by atoms with Crippen molar-refractivity contribution in [3.8, 4) is 22.9 Å². The Bertz CT molecular complexity index is 1470. The second-order valence-corrected chi connectivity index (χ2v) is 9.73. The molecule has 10 heteroatoms. The maximum Gasteiger partial charge on any atom is 0.227 e. The molecule has 0 saturated carbocycles. The summed E-state index contributed by atoms with van der Waals surface area (Å²) in [4.78, 5) is 21.5. The number of nitriles is 1. The van der Waals surface area contributed by atoms with Crippen LogP contribution in [-0.2, 0) is 11.2 Å². The largest absolute Gasteiger partial charge is 0.489 e. The lowest BCUT2D eigenvalue weighted by atomic mass is 10.1. The van der Waals surface area contributed by atoms with Gasteiger partial charge in [-0.3, -0.25) is 4.79 Å². The summed E-state index contributed by atoms with van der Waals surface area (Å²) in [7, 11) is 0. The van der Waals surface area contributed by atoms with Gasteiger partial charge in [-0.1, -0.05) is 23.7 Å². The number of carbonyl (C=O) groups excluding carboxylic acids is 1. The van der Waals surface area contributed by atoms with Gasteiger partial charge in [0.15, 0.2) is 0 Å². The highest BCUT2D eigenvalue weighted by Gasteiger charge is 2.22. The first kappa shape index (κ1) is 25.5. The fourth-order valence-corrected chi connectivity index (χ4v) is 4.63. The number of hydrogen-bond acceptors (Lipinski definition) is 7. The summed E-state index contributed by atoms with van der Waals surface area (Å²) >= 11 is 5.94. The number of pyridine rings is 2. The van der Waals surface area contributed by atoms with E-state index >= 15 is 0 Å². The fraction of sp³-hybridized carbons (Fsp3) is 0.286. The van der Waals surface area contributed by atoms with E-state index in [1.165, 1.54) is 6.20 Å². The minimum absolute atomic E-state index is 0.103. The molecule has 5 rings (SSSR count). The highest BCUT2D eigenvalue weighted by Crippen LogP contribution is 2.31. The molecular weight excluding hydrogens is 504 g/mol. The first-order valence-corrected chi connectivity index (χ1v) is 12.7. The van der Waals surface area contributed by atoms with Crippen molar-refractivity contribution in [2.75, 3.05) is 37.7 Å². The highest BCUT2D eigenvalue weighted by molar-refractivity contribution is 6.30. The summed E-state index contributed by atoms with van der Waals surface area (Å²) in [6, 6.07) is 15.3. The van der Waals surface area contributed by atoms with Gasteiger partial charge < -0.3 is 19.6 Å². The van der Waals surface area contributed by atoms with Crippen LogP contribution in [0.1, 0.15) is 18.1 Å². The van der Waals surface area contributed by atoms with E-state index in [-0.39, 0.29) is 12.5 Å². The average Bonchev–Trinajstić information content (AvgIpc) is 3.36. The number of nitrogens with zero attached hydrogens (tertiary/aromatic N) is 6. The Morgan fingerprint density at radius 1 is 1.16 bits per heavy atom. The fourth-order valence-electron chi connectivity index (χ4n) is 4.50. The summed E-state index contributed by atoms with van der Waals surface area (Å²) in [6.07, 6.45) is 4.73. The number of fused-ring (bicyclic) bond motifs is 1. The zero-order valence-electron chi connectivity index (χ0n) is 20.9. The van der Waals surface area contributed by atoms with Gasteiger partial charge in [-0.05, 0) is 42.8 Å². The van der Waals surface area contributed by atoms with Gasteiger partial charge in [0, 0.05) is 48.5 Å². The Morgan fingerprint density at radius 2 is 1.92 bits per heavy atom. The summed E-state index contributed by atoms with van der Waals surface area (Å²) in [5, 5.41) is 24.1. The van der Waals surface area contributed by atoms with Crippen LogP contribution >= 0.6 is 11.6 Å². The number of rotatable bonds is 7. The van der Waals surface area contributed by atoms with Crippen molar-refractivity contribution in [1.82, 2.24) is 19.5 Å². The van der Waals surface area contributed by atoms with Crippen molar-refractivity contribution in [3.63, 3.8) is 0 Å². The minimum atomic E-state index is -0.615. The molecule has 38 heavy (non-hydrogen) atoms. The maximum atomic E-state index is 12.8. The molecule has 1 N–H and O–H groups in total. The highest BCUT2D eigenvalue weighted by atomic mass is 35.5. The van der Waals surface area contributed by atoms with Crippen LogP contribution in [0.5, 0.6) is 5.75 Å². The number of piperazine rings is 1. The zero-order chi connectivity index (χ0) is 26.6. The molecule has 0 unspecified atom stereocenters. The molecule has 4 aromatic rings. The van der Waals surface area contributed by atoms with Crippen molar-refractivity contribution < 1.29 is 14.6 Å². The van der Waals surface area contributed by atoms with E-state index in [0.717, 1.165) is 22.5 Å². The molecule has 1 aromatic carbocycles. The third-order valence-electron chi connectivity index (χ3n) is 6.48. The lowest BCUT2D eigenvalue weighted by molar-refractivity contribution is -0.130. The topological polar surface area (TPSA) is 107 Å². The van der Waals surface area contributed by atoms with Crippen LogP contribution in [0.15, 0.2) is 61.1 Å². The molecular formula is C28H27ClN6O3. The van der Waals surface area contributed by atoms with E-state index in [2.05, 4.69) is 16.1 Å². The van der Waals surface area contributed by atoms with E-state index in [0.29, 0.717) is 54.5 Å². The number of aromatic nitrogens is 3. The number of aliphatic hydroxyl groups excluding tert-OH is 1. The predicted octanol–water partition coefficient (Wildman–Crippen LogP) is 3.57. The van der Waals surface area contributed by atoms with Crippen LogP contribution in [-0.4, -0.2) is 69.4 Å². The third kappa shape index (κ3) is 5.57. The third-order valence-corrected chi connectivity index (χ3v) is 6.73. The number of amides is 1. The van der Waals surface area contributed by atoms with E-state index in [1.54, 1.807) is 36.0 Å². The molecule has 4 heterocycles. The van der Waals surface area contributed by atoms with Gasteiger partial charge in [0.1, 0.15) is 24.2 Å². The monoisotopic (exact) mass is 530 g/mol. The number of benzene rings is 1. The second kappa shape index (κ2) is 11.1. The van der Waals surface area contributed by atoms with Crippen LogP contribution in [0.25, 0.3) is 16.6 Å². The Kier molecular flexibility index (Phi) is 7.45. The van der Waals surface area contributed by atoms with E-state index in [9.17, 15) is 15.2 Å². The molecule has 1 fully saturated rings. The molecule has 0 radical (unpaired) electrons. The summed E-state index contributed by atoms with van der Waals surface area (Å²) in [5.74, 6) is 1.46. The van der Waals surface area contributed by atoms with Gasteiger partial charge in [0.2, 0.25) is 5.91 Å². The van der Waals surface area contributed by atoms with E-state index < -0.39 is 6.10 Å². The van der Waals surface area contributed by atoms with Gasteiger partial charge in [0.25, 0.3) is 0 Å². The molecule has 3 aromatic heterocycles. The first-order chi connectivity index (χ1) is 18.4. The molecule has 0 aliphatic carbocycles. The Labute approximate surface area is 225 Å². The Hall–Kier alpha value is -4.13. The molecule has 0 spiro atoms. The molecule has 194 valence electrons. The summed E-state index contributed by atoms with van der Waals surface area (Å²) < 4.78 is 7.32. The van der Waals surface area contributed by atoms with Crippen molar-refractivity contribution in [2.24, 2.45) is 0 Å². The van der Waals surface area contributed by atoms with Crippen molar-refractivity contribution in [2.45, 2.75) is 19.4 Å². The van der Waals surface area contributed by atoms with Crippen LogP contribution in [0.4, 0.5) is 5.82 Å². The van der Waals surface area contributed by atoms with Crippen molar-refractivity contribution in [3.05, 3.63) is 77.2 Å². The second-order valence-electron chi connectivity index (χ2n) is 9.29. The van der Waals surface area contributed by atoms with Gasteiger partial charge >= 0.3 is 0 Å². The maximum absolute atomic E-state index is 12.8. The molecule has 1 aliphatic rings. The van der Waals surface area contributed by atoms with Crippen LogP contribution in [0.2, 0.25) is 5.02 Å². The lowest BCUT2D eigenvalue weighted by Gasteiger charge is -2.35. The SMILES string of the molecule is C[C@@H](O)COc1cc(-c2ccc(N3CCN(C(=O)Cc4ccc(Cl)cc4)CC3)nc2)c2c(C#N)cnn2c1. The predicted molar refractivity (Wildman–Crippen MR) is 144 cm³/mol. The van der Waals surface area contributed by atoms with E-state index in [4.69, 9.17) is 21.3 Å². The Morgan fingerprint density at radius 3 is 2.58 bits per heavy atom. The lowest BCUT2D eigenvalue weighted by Crippen LogP contribution is -2.49. The van der Waals surface area contributed by atoms with Crippen LogP contribution < -0.4 is 9.64 Å². The van der Waals surface area contributed by atoms with Crippen LogP contribution in [0.3, 0.4) is 0 Å². The number of hydrogen-bond donors (Lipinski definition) is 1. The molecule has 1 saturated heterocycles. The number of halogens is 1. The normalized spacial score (nSPS) is 14.4. The minimum Gasteiger partial charge on any atom is -0.489 e. The number of ether oxygens (including phenoxy) is 1. The molecule has 9 nitrogen and oxygen atoms in total. The van der Waals surface area contributed by atoms with Crippen molar-refractivity contribution in [1.29, 1.82) is 5.26 Å². The molecule has 1 amide bonds. The van der Waals surface area contributed by atoms with Gasteiger partial charge in [0.05, 0.1) is 36.0 Å². The Balaban J connectivity index is 1.29. The molecule has 1 atom stereocenters. The standard InChI is InChI=1S/C28H27ClN6O3/c1-19(36)18-38-24-13-25(28-22(14-30)16-32-35(28)17-24)21-4-7-26(31-15-21)33-8-10-34(11-9-33)27(37)12-20-2-5-23(29)6-3-20/h2-7,13,15-17,19,36H,8-12,18H2,1H3/t19-/m1/s1. The van der Waals surface area contributed by atoms with E-state index in [1.807, 2.05) is 35.2 Å². The number of carbonyl (C=O) groups is 1. The molecule has 1 aliphatic heterocycles. The van der Waals surface area contributed by atoms with Gasteiger partial charge in [-0.25, -0.2) is 9.50 Å². The summed E-state index contributed by atoms with van der Waals surface area (Å²) in [5.41, 5.74) is 3.64. The smallest absolute Gasteiger partial charge is 0.227 e. The number of aliphatic hydroxyl groups is 1. The van der Waals surface area contributed by atoms with Crippen LogP contribution in [0, 0.1) is 11.3 Å².